The highest BCUT2D eigenvalue weighted by Gasteiger charge is 2.18. The summed E-state index contributed by atoms with van der Waals surface area (Å²) in [7, 11) is 1.53. The van der Waals surface area contributed by atoms with Crippen molar-refractivity contribution < 1.29 is 28.4 Å². The van der Waals surface area contributed by atoms with Gasteiger partial charge in [-0.3, -0.25) is 4.79 Å². The van der Waals surface area contributed by atoms with Crippen LogP contribution in [0, 0.1) is 0 Å². The summed E-state index contributed by atoms with van der Waals surface area (Å²) in [6.07, 6.45) is 1.74. The van der Waals surface area contributed by atoms with Gasteiger partial charge < -0.3 is 24.3 Å². The van der Waals surface area contributed by atoms with Crippen molar-refractivity contribution >= 4 is 11.7 Å². The first-order valence-electron chi connectivity index (χ1n) is 10.4. The number of anilines is 1. The number of carbonyl (C=O) groups excluding carboxylic acids is 1. The van der Waals surface area contributed by atoms with E-state index in [1.54, 1.807) is 30.3 Å². The smallest absolute Gasteiger partial charge is 0.263 e. The highest BCUT2D eigenvalue weighted by Crippen LogP contribution is 2.34. The minimum Gasteiger partial charge on any atom is -0.493 e. The van der Waals surface area contributed by atoms with Crippen LogP contribution in [0.25, 0.3) is 11.3 Å². The Morgan fingerprint density at radius 3 is 2.31 bits per heavy atom. The Kier molecular flexibility index (Phi) is 8.30. The third-order valence-corrected chi connectivity index (χ3v) is 4.31. The maximum absolute atomic E-state index is 12.4. The fraction of sp³-hybridized carbons (Fsp3) is 0.348. The van der Waals surface area contributed by atoms with E-state index in [1.807, 2.05) is 26.0 Å². The predicted octanol–water partition coefficient (Wildman–Crippen LogP) is 4.34. The topological polar surface area (TPSA) is 105 Å². The lowest BCUT2D eigenvalue weighted by molar-refractivity contribution is -0.118. The number of methoxy groups -OCH3 is 1. The molecule has 9 heteroatoms. The molecule has 0 saturated heterocycles. The molecule has 0 atom stereocenters. The fourth-order valence-electron chi connectivity index (χ4n) is 2.82. The van der Waals surface area contributed by atoms with Gasteiger partial charge >= 0.3 is 0 Å². The number of hydrogen-bond donors (Lipinski definition) is 1. The Morgan fingerprint density at radius 1 is 0.906 bits per heavy atom. The quantitative estimate of drug-likeness (QED) is 0.443. The average Bonchev–Trinajstić information content (AvgIpc) is 3.28. The van der Waals surface area contributed by atoms with Crippen LogP contribution < -0.4 is 24.3 Å². The molecule has 3 aromatic rings. The van der Waals surface area contributed by atoms with Crippen LogP contribution in [0.1, 0.15) is 26.7 Å². The van der Waals surface area contributed by atoms with Gasteiger partial charge in [-0.25, -0.2) is 4.63 Å². The Balaban J connectivity index is 1.72. The lowest BCUT2D eigenvalue weighted by Gasteiger charge is -2.13. The van der Waals surface area contributed by atoms with Gasteiger partial charge in [0.2, 0.25) is 5.82 Å². The number of carbonyl (C=O) groups is 1. The van der Waals surface area contributed by atoms with Gasteiger partial charge in [0.15, 0.2) is 35.3 Å². The van der Waals surface area contributed by atoms with E-state index in [1.165, 1.54) is 7.11 Å². The van der Waals surface area contributed by atoms with E-state index in [2.05, 4.69) is 15.6 Å². The second-order valence-electron chi connectivity index (χ2n) is 6.81. The third kappa shape index (κ3) is 5.90. The molecule has 1 aromatic heterocycles. The molecule has 0 bridgehead atoms. The predicted molar refractivity (Wildman–Crippen MR) is 118 cm³/mol. The number of amides is 1. The number of nitrogens with one attached hydrogen (secondary N) is 1. The van der Waals surface area contributed by atoms with E-state index in [0.29, 0.717) is 47.5 Å². The van der Waals surface area contributed by atoms with Gasteiger partial charge in [-0.1, -0.05) is 26.0 Å². The van der Waals surface area contributed by atoms with Crippen LogP contribution in [0.5, 0.6) is 23.0 Å². The van der Waals surface area contributed by atoms with Crippen molar-refractivity contribution in [3.8, 4) is 34.3 Å². The summed E-state index contributed by atoms with van der Waals surface area (Å²) in [5.74, 6) is 2.01. The first-order chi connectivity index (χ1) is 15.7. The SMILES string of the molecule is CCCOc1ccc(-c2nonc2NC(=O)COc2ccccc2OC)cc1OCCC. The van der Waals surface area contributed by atoms with Gasteiger partial charge in [-0.2, -0.15) is 0 Å². The second-order valence-corrected chi connectivity index (χ2v) is 6.81. The maximum Gasteiger partial charge on any atom is 0.263 e. The molecule has 1 amide bonds. The Morgan fingerprint density at radius 2 is 1.59 bits per heavy atom. The van der Waals surface area contributed by atoms with E-state index < -0.39 is 5.91 Å². The summed E-state index contributed by atoms with van der Waals surface area (Å²) in [5, 5.41) is 10.4. The van der Waals surface area contributed by atoms with Crippen molar-refractivity contribution in [3.05, 3.63) is 42.5 Å². The fourth-order valence-corrected chi connectivity index (χ4v) is 2.82. The molecule has 3 rings (SSSR count). The van der Waals surface area contributed by atoms with E-state index in [0.717, 1.165) is 12.8 Å². The van der Waals surface area contributed by atoms with Crippen LogP contribution in [-0.4, -0.2) is 43.2 Å². The number of nitrogens with zero attached hydrogens (tertiary/aromatic N) is 2. The van der Waals surface area contributed by atoms with Crippen molar-refractivity contribution in [3.63, 3.8) is 0 Å². The van der Waals surface area contributed by atoms with Crippen molar-refractivity contribution in [2.75, 3.05) is 32.2 Å². The van der Waals surface area contributed by atoms with E-state index >= 15 is 0 Å². The Labute approximate surface area is 186 Å². The number of para-hydroxylation sites is 2. The third-order valence-electron chi connectivity index (χ3n) is 4.31. The zero-order valence-corrected chi connectivity index (χ0v) is 18.4. The number of hydrogen-bond acceptors (Lipinski definition) is 8. The molecule has 0 unspecified atom stereocenters. The standard InChI is InChI=1S/C23H27N3O6/c1-4-12-29-19-11-10-16(14-20(19)30-13-5-2)22-23(26-32-25-22)24-21(27)15-31-18-9-7-6-8-17(18)28-3/h6-11,14H,4-5,12-13,15H2,1-3H3,(H,24,26,27). The van der Waals surface area contributed by atoms with Gasteiger partial charge in [-0.05, 0) is 53.5 Å². The van der Waals surface area contributed by atoms with Gasteiger partial charge in [0.05, 0.1) is 20.3 Å². The summed E-state index contributed by atoms with van der Waals surface area (Å²) < 4.78 is 27.2. The minimum absolute atomic E-state index is 0.183. The maximum atomic E-state index is 12.4. The van der Waals surface area contributed by atoms with Gasteiger partial charge in [0, 0.05) is 5.56 Å². The molecule has 0 aliphatic heterocycles. The molecule has 1 N–H and O–H groups in total. The van der Waals surface area contributed by atoms with Crippen LogP contribution in [0.15, 0.2) is 47.1 Å². The van der Waals surface area contributed by atoms with Crippen molar-refractivity contribution in [2.24, 2.45) is 0 Å². The number of benzene rings is 2. The number of rotatable bonds is 12. The van der Waals surface area contributed by atoms with E-state index in [9.17, 15) is 4.79 Å². The molecule has 170 valence electrons. The zero-order valence-electron chi connectivity index (χ0n) is 18.4. The lowest BCUT2D eigenvalue weighted by atomic mass is 10.1. The summed E-state index contributed by atoms with van der Waals surface area (Å²) in [6.45, 7) is 4.96. The molecule has 1 heterocycles. The van der Waals surface area contributed by atoms with Crippen LogP contribution in [-0.2, 0) is 4.79 Å². The molecular formula is C23H27N3O6. The Bertz CT molecular complexity index is 1020. The molecule has 0 fully saturated rings. The van der Waals surface area contributed by atoms with Gasteiger partial charge in [-0.15, -0.1) is 0 Å². The first-order valence-corrected chi connectivity index (χ1v) is 10.4. The van der Waals surface area contributed by atoms with Crippen LogP contribution >= 0.6 is 0 Å². The van der Waals surface area contributed by atoms with Gasteiger partial charge in [0.25, 0.3) is 5.91 Å². The summed E-state index contributed by atoms with van der Waals surface area (Å²) in [5.41, 5.74) is 1.04. The molecule has 0 spiro atoms. The lowest BCUT2D eigenvalue weighted by Crippen LogP contribution is -2.20. The monoisotopic (exact) mass is 441 g/mol. The van der Waals surface area contributed by atoms with Gasteiger partial charge in [0.1, 0.15) is 0 Å². The summed E-state index contributed by atoms with van der Waals surface area (Å²) in [6, 6.07) is 12.5. The van der Waals surface area contributed by atoms with Crippen molar-refractivity contribution in [1.29, 1.82) is 0 Å². The van der Waals surface area contributed by atoms with E-state index in [4.69, 9.17) is 23.6 Å². The molecule has 0 aliphatic carbocycles. The van der Waals surface area contributed by atoms with Crippen molar-refractivity contribution in [1.82, 2.24) is 10.3 Å². The first kappa shape index (κ1) is 22.9. The molecule has 32 heavy (non-hydrogen) atoms. The number of ether oxygens (including phenoxy) is 4. The van der Waals surface area contributed by atoms with E-state index in [-0.39, 0.29) is 12.4 Å². The molecule has 9 nitrogen and oxygen atoms in total. The normalized spacial score (nSPS) is 10.5. The minimum atomic E-state index is -0.418. The zero-order chi connectivity index (χ0) is 22.8. The molecular weight excluding hydrogens is 414 g/mol. The summed E-state index contributed by atoms with van der Waals surface area (Å²) >= 11 is 0. The van der Waals surface area contributed by atoms with Crippen LogP contribution in [0.2, 0.25) is 0 Å². The van der Waals surface area contributed by atoms with Crippen LogP contribution in [0.3, 0.4) is 0 Å². The molecule has 0 aliphatic rings. The highest BCUT2D eigenvalue weighted by atomic mass is 16.6. The average molecular weight is 441 g/mol. The molecule has 0 radical (unpaired) electrons. The summed E-state index contributed by atoms with van der Waals surface area (Å²) in [4.78, 5) is 12.4. The second kappa shape index (κ2) is 11.6. The largest absolute Gasteiger partial charge is 0.493 e. The molecule has 0 saturated carbocycles. The van der Waals surface area contributed by atoms with Crippen molar-refractivity contribution in [2.45, 2.75) is 26.7 Å². The highest BCUT2D eigenvalue weighted by molar-refractivity contribution is 5.94. The Hall–Kier alpha value is -3.75. The van der Waals surface area contributed by atoms with Crippen LogP contribution in [0.4, 0.5) is 5.82 Å². The number of aromatic nitrogens is 2. The molecule has 2 aromatic carbocycles.